The predicted octanol–water partition coefficient (Wildman–Crippen LogP) is 3.55. The lowest BCUT2D eigenvalue weighted by atomic mass is 9.89. The minimum atomic E-state index is -0.234. The fourth-order valence-electron chi connectivity index (χ4n) is 3.74. The third kappa shape index (κ3) is 4.52. The molecule has 140 valence electrons. The Bertz CT molecular complexity index is 902. The number of aromatic nitrogens is 3. The topological polar surface area (TPSA) is 54.2 Å². The second-order valence-electron chi connectivity index (χ2n) is 7.18. The van der Waals surface area contributed by atoms with Crippen molar-refractivity contribution in [3.8, 4) is 5.75 Å². The molecule has 5 nitrogen and oxygen atoms in total. The second kappa shape index (κ2) is 7.88. The summed E-state index contributed by atoms with van der Waals surface area (Å²) in [6.07, 6.45) is 4.08. The summed E-state index contributed by atoms with van der Waals surface area (Å²) in [7, 11) is 0. The first-order valence-corrected chi connectivity index (χ1v) is 9.30. The van der Waals surface area contributed by atoms with Crippen LogP contribution in [0.25, 0.3) is 0 Å². The van der Waals surface area contributed by atoms with Crippen LogP contribution in [0.5, 0.6) is 5.75 Å². The van der Waals surface area contributed by atoms with Gasteiger partial charge in [0.25, 0.3) is 0 Å². The van der Waals surface area contributed by atoms with Crippen LogP contribution in [0.2, 0.25) is 0 Å². The summed E-state index contributed by atoms with van der Waals surface area (Å²) < 4.78 is 15.0. The number of hydrogen-bond acceptors (Lipinski definition) is 4. The Morgan fingerprint density at radius 2 is 1.85 bits per heavy atom. The van der Waals surface area contributed by atoms with Gasteiger partial charge in [-0.3, -0.25) is 4.90 Å². The normalized spacial score (nSPS) is 15.9. The number of piperidine rings is 1. The van der Waals surface area contributed by atoms with Crippen molar-refractivity contribution in [1.29, 1.82) is 0 Å². The van der Waals surface area contributed by atoms with Crippen LogP contribution in [-0.2, 0) is 13.1 Å². The maximum atomic E-state index is 13.3. The van der Waals surface area contributed by atoms with E-state index in [2.05, 4.69) is 21.3 Å². The van der Waals surface area contributed by atoms with E-state index in [4.69, 9.17) is 0 Å². The molecule has 2 heterocycles. The summed E-state index contributed by atoms with van der Waals surface area (Å²) in [5.41, 5.74) is 3.02. The largest absolute Gasteiger partial charge is 0.508 e. The van der Waals surface area contributed by atoms with Crippen molar-refractivity contribution in [1.82, 2.24) is 19.9 Å². The highest BCUT2D eigenvalue weighted by atomic mass is 19.1. The van der Waals surface area contributed by atoms with E-state index >= 15 is 0 Å². The van der Waals surface area contributed by atoms with E-state index < -0.39 is 0 Å². The molecule has 0 bridgehead atoms. The van der Waals surface area contributed by atoms with Crippen molar-refractivity contribution in [3.63, 3.8) is 0 Å². The van der Waals surface area contributed by atoms with Gasteiger partial charge in [0.05, 0.1) is 18.4 Å². The van der Waals surface area contributed by atoms with E-state index in [0.29, 0.717) is 18.2 Å². The van der Waals surface area contributed by atoms with Crippen LogP contribution in [0, 0.1) is 5.82 Å². The van der Waals surface area contributed by atoms with Crippen molar-refractivity contribution in [3.05, 3.63) is 77.4 Å². The lowest BCUT2D eigenvalue weighted by molar-refractivity contribution is 0.202. The maximum absolute atomic E-state index is 13.3. The second-order valence-corrected chi connectivity index (χ2v) is 7.18. The Labute approximate surface area is 158 Å². The van der Waals surface area contributed by atoms with Crippen molar-refractivity contribution < 1.29 is 9.50 Å². The standard InChI is InChI=1S/C21H23FN4O/c22-19-5-1-3-16(11-19)13-26-15-20(23-24-26)14-25-9-7-17(8-10-25)18-4-2-6-21(27)12-18/h1-6,11-12,15,17,27H,7-10,13-14H2. The van der Waals surface area contributed by atoms with E-state index in [-0.39, 0.29) is 5.82 Å². The van der Waals surface area contributed by atoms with Crippen LogP contribution in [0.15, 0.2) is 54.7 Å². The molecule has 1 saturated heterocycles. The zero-order valence-electron chi connectivity index (χ0n) is 15.1. The first kappa shape index (κ1) is 17.7. The summed E-state index contributed by atoms with van der Waals surface area (Å²) in [5, 5.41) is 18.1. The van der Waals surface area contributed by atoms with E-state index in [1.807, 2.05) is 24.4 Å². The number of phenolic OH excluding ortho intramolecular Hbond substituents is 1. The summed E-state index contributed by atoms with van der Waals surface area (Å²) >= 11 is 0. The van der Waals surface area contributed by atoms with E-state index in [1.54, 1.807) is 16.8 Å². The Hall–Kier alpha value is -2.73. The zero-order chi connectivity index (χ0) is 18.6. The average Bonchev–Trinajstić information content (AvgIpc) is 3.09. The molecule has 2 aromatic carbocycles. The van der Waals surface area contributed by atoms with Crippen LogP contribution in [0.3, 0.4) is 0 Å². The molecular weight excluding hydrogens is 343 g/mol. The van der Waals surface area contributed by atoms with Crippen LogP contribution < -0.4 is 0 Å². The van der Waals surface area contributed by atoms with Gasteiger partial charge in [0, 0.05) is 6.54 Å². The number of rotatable bonds is 5. The maximum Gasteiger partial charge on any atom is 0.123 e. The highest BCUT2D eigenvalue weighted by molar-refractivity contribution is 5.30. The molecule has 1 aliphatic rings. The van der Waals surface area contributed by atoms with E-state index in [0.717, 1.165) is 43.7 Å². The van der Waals surface area contributed by atoms with Crippen LogP contribution in [-0.4, -0.2) is 38.1 Å². The first-order valence-electron chi connectivity index (χ1n) is 9.30. The van der Waals surface area contributed by atoms with Gasteiger partial charge >= 0.3 is 0 Å². The van der Waals surface area contributed by atoms with E-state index in [1.165, 1.54) is 17.7 Å². The number of phenols is 1. The molecule has 27 heavy (non-hydrogen) atoms. The monoisotopic (exact) mass is 366 g/mol. The first-order chi connectivity index (χ1) is 13.2. The van der Waals surface area contributed by atoms with Gasteiger partial charge in [-0.05, 0) is 67.2 Å². The predicted molar refractivity (Wildman–Crippen MR) is 101 cm³/mol. The Morgan fingerprint density at radius 3 is 2.63 bits per heavy atom. The molecule has 0 amide bonds. The van der Waals surface area contributed by atoms with Crippen molar-refractivity contribution >= 4 is 0 Å². The molecule has 0 atom stereocenters. The van der Waals surface area contributed by atoms with Gasteiger partial charge in [0.15, 0.2) is 0 Å². The highest BCUT2D eigenvalue weighted by Gasteiger charge is 2.21. The van der Waals surface area contributed by atoms with Crippen LogP contribution in [0.4, 0.5) is 4.39 Å². The Balaban J connectivity index is 1.31. The molecule has 1 N–H and O–H groups in total. The summed E-state index contributed by atoms with van der Waals surface area (Å²) in [5.74, 6) is 0.601. The lowest BCUT2D eigenvalue weighted by Gasteiger charge is -2.31. The summed E-state index contributed by atoms with van der Waals surface area (Å²) in [4.78, 5) is 2.38. The van der Waals surface area contributed by atoms with Crippen molar-refractivity contribution in [2.24, 2.45) is 0 Å². The molecule has 4 rings (SSSR count). The number of likely N-dealkylation sites (tertiary alicyclic amines) is 1. The Morgan fingerprint density at radius 1 is 1.04 bits per heavy atom. The number of nitrogens with zero attached hydrogens (tertiary/aromatic N) is 4. The van der Waals surface area contributed by atoms with Crippen molar-refractivity contribution in [2.75, 3.05) is 13.1 Å². The molecule has 3 aromatic rings. The smallest absolute Gasteiger partial charge is 0.123 e. The molecule has 1 aliphatic heterocycles. The number of benzene rings is 2. The molecule has 0 radical (unpaired) electrons. The highest BCUT2D eigenvalue weighted by Crippen LogP contribution is 2.30. The molecule has 6 heteroatoms. The minimum Gasteiger partial charge on any atom is -0.508 e. The zero-order valence-corrected chi connectivity index (χ0v) is 15.1. The van der Waals surface area contributed by atoms with Crippen LogP contribution >= 0.6 is 0 Å². The molecule has 1 fully saturated rings. The molecule has 0 spiro atoms. The molecular formula is C21H23FN4O. The third-order valence-electron chi connectivity index (χ3n) is 5.13. The quantitative estimate of drug-likeness (QED) is 0.750. The van der Waals surface area contributed by atoms with E-state index in [9.17, 15) is 9.50 Å². The van der Waals surface area contributed by atoms with Crippen molar-refractivity contribution in [2.45, 2.75) is 31.8 Å². The number of aromatic hydroxyl groups is 1. The number of hydrogen-bond donors (Lipinski definition) is 1. The molecule has 0 aliphatic carbocycles. The fourth-order valence-corrected chi connectivity index (χ4v) is 3.74. The lowest BCUT2D eigenvalue weighted by Crippen LogP contribution is -2.32. The Kier molecular flexibility index (Phi) is 5.16. The van der Waals surface area contributed by atoms with Crippen LogP contribution in [0.1, 0.15) is 35.6 Å². The van der Waals surface area contributed by atoms with Gasteiger partial charge in [-0.2, -0.15) is 0 Å². The van der Waals surface area contributed by atoms with Gasteiger partial charge in [0.2, 0.25) is 0 Å². The third-order valence-corrected chi connectivity index (χ3v) is 5.13. The van der Waals surface area contributed by atoms with Gasteiger partial charge in [-0.25, -0.2) is 9.07 Å². The summed E-state index contributed by atoms with van der Waals surface area (Å²) in [6.45, 7) is 3.29. The van der Waals surface area contributed by atoms with Gasteiger partial charge in [0.1, 0.15) is 11.6 Å². The SMILES string of the molecule is Oc1cccc(C2CCN(Cc3cn(Cc4cccc(F)c4)nn3)CC2)c1. The summed E-state index contributed by atoms with van der Waals surface area (Å²) in [6, 6.07) is 14.1. The molecule has 0 saturated carbocycles. The molecule has 0 unspecified atom stereocenters. The average molecular weight is 366 g/mol. The van der Waals surface area contributed by atoms with Gasteiger partial charge in [-0.15, -0.1) is 5.10 Å². The van der Waals surface area contributed by atoms with Gasteiger partial charge in [-0.1, -0.05) is 29.5 Å². The minimum absolute atomic E-state index is 0.234. The van der Waals surface area contributed by atoms with Gasteiger partial charge < -0.3 is 5.11 Å². The number of halogens is 1. The molecule has 1 aromatic heterocycles. The fraction of sp³-hybridized carbons (Fsp3) is 0.333.